The first-order valence-corrected chi connectivity index (χ1v) is 10.9. The third-order valence-electron chi connectivity index (χ3n) is 4.48. The molecule has 0 fully saturated rings. The van der Waals surface area contributed by atoms with E-state index in [2.05, 4.69) is 40.3 Å². The minimum absolute atomic E-state index is 0.215. The van der Waals surface area contributed by atoms with Crippen molar-refractivity contribution in [3.63, 3.8) is 0 Å². The molecule has 2 nitrogen and oxygen atoms in total. The first-order chi connectivity index (χ1) is 11.3. The van der Waals surface area contributed by atoms with Crippen LogP contribution in [0.4, 0.5) is 0 Å². The predicted octanol–water partition coefficient (Wildman–Crippen LogP) is 6.23. The Kier molecular flexibility index (Phi) is 8.75. The van der Waals surface area contributed by atoms with Crippen LogP contribution in [0.25, 0.3) is 0 Å². The molecule has 1 aromatic carbocycles. The van der Waals surface area contributed by atoms with Crippen LogP contribution < -0.4 is 0 Å². The summed E-state index contributed by atoms with van der Waals surface area (Å²) in [7, 11) is -3.19. The number of rotatable bonds is 11. The average Bonchev–Trinajstić information content (AvgIpc) is 2.53. The smallest absolute Gasteiger partial charge is 0.178 e. The molecular formula is C21H34O2S. The van der Waals surface area contributed by atoms with Crippen molar-refractivity contribution in [2.45, 2.75) is 83.0 Å². The summed E-state index contributed by atoms with van der Waals surface area (Å²) in [5, 5.41) is 0. The van der Waals surface area contributed by atoms with Crippen molar-refractivity contribution >= 4 is 9.84 Å². The summed E-state index contributed by atoms with van der Waals surface area (Å²) in [4.78, 5) is 0.536. The molecule has 0 N–H and O–H groups in total. The lowest BCUT2D eigenvalue weighted by Gasteiger charge is -2.16. The highest BCUT2D eigenvalue weighted by atomic mass is 32.2. The average molecular weight is 351 g/mol. The summed E-state index contributed by atoms with van der Waals surface area (Å²) in [6.07, 6.45) is 8.15. The fourth-order valence-electron chi connectivity index (χ4n) is 2.88. The number of sulfone groups is 1. The van der Waals surface area contributed by atoms with E-state index in [1.54, 1.807) is 0 Å². The van der Waals surface area contributed by atoms with Gasteiger partial charge in [0.25, 0.3) is 0 Å². The topological polar surface area (TPSA) is 34.1 Å². The van der Waals surface area contributed by atoms with E-state index < -0.39 is 9.84 Å². The van der Waals surface area contributed by atoms with E-state index in [0.29, 0.717) is 10.8 Å². The molecule has 0 aliphatic carbocycles. The van der Waals surface area contributed by atoms with Gasteiger partial charge in [-0.2, -0.15) is 0 Å². The van der Waals surface area contributed by atoms with Gasteiger partial charge in [-0.15, -0.1) is 6.58 Å². The third kappa shape index (κ3) is 6.43. The van der Waals surface area contributed by atoms with Crippen molar-refractivity contribution < 1.29 is 8.42 Å². The van der Waals surface area contributed by atoms with Crippen molar-refractivity contribution in [2.75, 3.05) is 5.75 Å². The number of allylic oxidation sites excluding steroid dienone is 1. The van der Waals surface area contributed by atoms with Gasteiger partial charge in [-0.05, 0) is 48.3 Å². The molecule has 0 unspecified atom stereocenters. The van der Waals surface area contributed by atoms with E-state index in [4.69, 9.17) is 0 Å². The Morgan fingerprint density at radius 3 is 2.17 bits per heavy atom. The monoisotopic (exact) mass is 350 g/mol. The lowest BCUT2D eigenvalue weighted by molar-refractivity contribution is 0.583. The summed E-state index contributed by atoms with van der Waals surface area (Å²) in [5.74, 6) is 0.886. The number of benzene rings is 1. The minimum Gasteiger partial charge on any atom is -0.224 e. The summed E-state index contributed by atoms with van der Waals surface area (Å²) in [5.41, 5.74) is 2.17. The molecule has 0 saturated heterocycles. The Balaban J connectivity index is 2.74. The van der Waals surface area contributed by atoms with Crippen LogP contribution in [0, 0.1) is 0 Å². The Morgan fingerprint density at radius 1 is 0.958 bits per heavy atom. The van der Waals surface area contributed by atoms with Crippen LogP contribution in [0.15, 0.2) is 35.7 Å². The van der Waals surface area contributed by atoms with Gasteiger partial charge < -0.3 is 0 Å². The van der Waals surface area contributed by atoms with E-state index in [1.165, 1.54) is 5.56 Å². The maximum absolute atomic E-state index is 12.8. The molecule has 0 atom stereocenters. The van der Waals surface area contributed by atoms with Gasteiger partial charge in [0, 0.05) is 0 Å². The molecule has 0 amide bonds. The highest BCUT2D eigenvalue weighted by Crippen LogP contribution is 2.29. The Hall–Kier alpha value is -1.09. The van der Waals surface area contributed by atoms with E-state index in [1.807, 2.05) is 18.2 Å². The molecule has 0 aliphatic heterocycles. The van der Waals surface area contributed by atoms with Gasteiger partial charge in [0.1, 0.15) is 0 Å². The van der Waals surface area contributed by atoms with E-state index in [9.17, 15) is 8.42 Å². The fraction of sp³-hybridized carbons (Fsp3) is 0.619. The molecule has 0 aliphatic rings. The first-order valence-electron chi connectivity index (χ1n) is 9.27. The molecule has 3 heteroatoms. The van der Waals surface area contributed by atoms with Crippen LogP contribution in [-0.2, 0) is 9.84 Å². The van der Waals surface area contributed by atoms with Crippen molar-refractivity contribution in [1.29, 1.82) is 0 Å². The molecule has 0 saturated carbocycles. The second kappa shape index (κ2) is 10.0. The van der Waals surface area contributed by atoms with Gasteiger partial charge in [0.2, 0.25) is 0 Å². The third-order valence-corrected chi connectivity index (χ3v) is 6.35. The summed E-state index contributed by atoms with van der Waals surface area (Å²) in [6.45, 7) is 12.1. The normalized spacial score (nSPS) is 12.1. The zero-order chi connectivity index (χ0) is 18.2. The maximum atomic E-state index is 12.8. The second-order valence-corrected chi connectivity index (χ2v) is 9.35. The molecule has 1 aromatic rings. The van der Waals surface area contributed by atoms with Gasteiger partial charge in [-0.25, -0.2) is 8.42 Å². The van der Waals surface area contributed by atoms with Gasteiger partial charge in [0.05, 0.1) is 10.6 Å². The molecule has 0 spiro atoms. The molecule has 0 radical (unpaired) electrons. The van der Waals surface area contributed by atoms with Gasteiger partial charge >= 0.3 is 0 Å². The largest absolute Gasteiger partial charge is 0.224 e. The van der Waals surface area contributed by atoms with E-state index in [0.717, 1.165) is 44.1 Å². The van der Waals surface area contributed by atoms with Crippen molar-refractivity contribution in [3.05, 3.63) is 42.0 Å². The van der Waals surface area contributed by atoms with Crippen molar-refractivity contribution in [1.82, 2.24) is 0 Å². The highest BCUT2D eigenvalue weighted by Gasteiger charge is 2.20. The zero-order valence-electron chi connectivity index (χ0n) is 15.8. The van der Waals surface area contributed by atoms with Crippen LogP contribution in [0.3, 0.4) is 0 Å². The predicted molar refractivity (Wildman–Crippen MR) is 105 cm³/mol. The Morgan fingerprint density at radius 2 is 1.58 bits per heavy atom. The molecule has 0 bridgehead atoms. The molecular weight excluding hydrogens is 316 g/mol. The van der Waals surface area contributed by atoms with Gasteiger partial charge in [-0.3, -0.25) is 0 Å². The van der Waals surface area contributed by atoms with Gasteiger partial charge in [-0.1, -0.05) is 65.2 Å². The fourth-order valence-corrected chi connectivity index (χ4v) is 4.61. The maximum Gasteiger partial charge on any atom is 0.178 e. The first kappa shape index (κ1) is 21.0. The number of hydrogen-bond acceptors (Lipinski definition) is 2. The van der Waals surface area contributed by atoms with E-state index in [-0.39, 0.29) is 11.7 Å². The standard InChI is InChI=1S/C21H34O2S/c1-6-7-8-9-10-11-12-15-24(22,23)21-14-13-19(17(2)3)16-20(21)18(4)5/h6,13-14,16-18H,1,7-12,15H2,2-5H3. The molecule has 0 aromatic heterocycles. The molecule has 1 rings (SSSR count). The second-order valence-electron chi connectivity index (χ2n) is 7.27. The highest BCUT2D eigenvalue weighted by molar-refractivity contribution is 7.91. The summed E-state index contributed by atoms with van der Waals surface area (Å²) >= 11 is 0. The van der Waals surface area contributed by atoms with Crippen LogP contribution in [0.5, 0.6) is 0 Å². The molecule has 136 valence electrons. The van der Waals surface area contributed by atoms with Gasteiger partial charge in [0.15, 0.2) is 9.84 Å². The van der Waals surface area contributed by atoms with Crippen molar-refractivity contribution in [3.8, 4) is 0 Å². The summed E-state index contributed by atoms with van der Waals surface area (Å²) in [6, 6.07) is 5.88. The minimum atomic E-state index is -3.19. The van der Waals surface area contributed by atoms with Crippen LogP contribution in [0.1, 0.15) is 89.2 Å². The van der Waals surface area contributed by atoms with Crippen LogP contribution in [0.2, 0.25) is 0 Å². The Bertz CT molecular complexity index is 613. The molecule has 24 heavy (non-hydrogen) atoms. The zero-order valence-corrected chi connectivity index (χ0v) is 16.7. The number of hydrogen-bond donors (Lipinski definition) is 0. The van der Waals surface area contributed by atoms with Crippen LogP contribution in [-0.4, -0.2) is 14.2 Å². The van der Waals surface area contributed by atoms with E-state index >= 15 is 0 Å². The lowest BCUT2D eigenvalue weighted by Crippen LogP contribution is -2.11. The van der Waals surface area contributed by atoms with Crippen LogP contribution >= 0.6 is 0 Å². The van der Waals surface area contributed by atoms with Crippen molar-refractivity contribution in [2.24, 2.45) is 0 Å². The lowest BCUT2D eigenvalue weighted by atomic mass is 9.96. The Labute approximate surface area is 149 Å². The number of unbranched alkanes of at least 4 members (excludes halogenated alkanes) is 5. The summed E-state index contributed by atoms with van der Waals surface area (Å²) < 4.78 is 25.5. The molecule has 0 heterocycles. The SMILES string of the molecule is C=CCCCCCCCS(=O)(=O)c1ccc(C(C)C)cc1C(C)C. The quantitative estimate of drug-likeness (QED) is 0.350.